The highest BCUT2D eigenvalue weighted by Gasteiger charge is 2.39. The van der Waals surface area contributed by atoms with E-state index in [1.165, 1.54) is 7.11 Å². The second-order valence-corrected chi connectivity index (χ2v) is 3.81. The highest BCUT2D eigenvalue weighted by Crippen LogP contribution is 2.47. The Morgan fingerprint density at radius 1 is 1.47 bits per heavy atom. The van der Waals surface area contributed by atoms with Crippen molar-refractivity contribution in [2.45, 2.75) is 18.6 Å². The van der Waals surface area contributed by atoms with Gasteiger partial charge in [0.2, 0.25) is 6.29 Å². The molecular formula is C11H12O4. The summed E-state index contributed by atoms with van der Waals surface area (Å²) in [6.45, 7) is 0.724. The Morgan fingerprint density at radius 2 is 2.33 bits per heavy atom. The second-order valence-electron chi connectivity index (χ2n) is 3.81. The van der Waals surface area contributed by atoms with Gasteiger partial charge in [-0.05, 0) is 12.5 Å². The van der Waals surface area contributed by atoms with Gasteiger partial charge in [0.05, 0.1) is 19.6 Å². The van der Waals surface area contributed by atoms with Crippen molar-refractivity contribution in [2.75, 3.05) is 13.7 Å². The lowest BCUT2D eigenvalue weighted by molar-refractivity contribution is -0.0337. The molecule has 1 aromatic rings. The number of methoxy groups -OCH3 is 1. The molecule has 2 aliphatic rings. The molecular weight excluding hydrogens is 196 g/mol. The number of benzene rings is 1. The Hall–Kier alpha value is -1.42. The summed E-state index contributed by atoms with van der Waals surface area (Å²) in [5, 5.41) is 9.67. The predicted octanol–water partition coefficient (Wildman–Crippen LogP) is 1.62. The van der Waals surface area contributed by atoms with E-state index >= 15 is 0 Å². The number of fused-ring (bicyclic) bond motifs is 3. The molecule has 0 unspecified atom stereocenters. The molecule has 2 atom stereocenters. The Balaban J connectivity index is 2.06. The van der Waals surface area contributed by atoms with Gasteiger partial charge in [-0.1, -0.05) is 0 Å². The summed E-state index contributed by atoms with van der Waals surface area (Å²) >= 11 is 0. The zero-order chi connectivity index (χ0) is 10.4. The van der Waals surface area contributed by atoms with Gasteiger partial charge in [-0.15, -0.1) is 0 Å². The molecule has 2 heterocycles. The number of phenols is 1. The number of rotatable bonds is 1. The summed E-state index contributed by atoms with van der Waals surface area (Å²) in [6.07, 6.45) is 0.773. The Bertz CT molecular complexity index is 402. The van der Waals surface area contributed by atoms with Crippen molar-refractivity contribution in [1.29, 1.82) is 0 Å². The predicted molar refractivity (Wildman–Crippen MR) is 52.4 cm³/mol. The van der Waals surface area contributed by atoms with Crippen molar-refractivity contribution < 1.29 is 19.3 Å². The molecule has 15 heavy (non-hydrogen) atoms. The Kier molecular flexibility index (Phi) is 1.79. The number of ether oxygens (including phenoxy) is 3. The van der Waals surface area contributed by atoms with Crippen LogP contribution in [0.5, 0.6) is 17.2 Å². The molecule has 1 fully saturated rings. The third-order valence-corrected chi connectivity index (χ3v) is 2.99. The average molecular weight is 208 g/mol. The van der Waals surface area contributed by atoms with E-state index in [-0.39, 0.29) is 18.0 Å². The smallest absolute Gasteiger partial charge is 0.206 e. The van der Waals surface area contributed by atoms with E-state index in [0.29, 0.717) is 5.75 Å². The molecule has 1 saturated heterocycles. The van der Waals surface area contributed by atoms with Crippen molar-refractivity contribution in [2.24, 2.45) is 0 Å². The summed E-state index contributed by atoms with van der Waals surface area (Å²) < 4.78 is 16.1. The molecule has 3 rings (SSSR count). The molecule has 0 amide bonds. The largest absolute Gasteiger partial charge is 0.504 e. The average Bonchev–Trinajstić information content (AvgIpc) is 2.77. The minimum absolute atomic E-state index is 0.160. The van der Waals surface area contributed by atoms with Crippen LogP contribution in [0.1, 0.15) is 17.9 Å². The van der Waals surface area contributed by atoms with Gasteiger partial charge in [-0.3, -0.25) is 0 Å². The molecule has 2 aliphatic heterocycles. The van der Waals surface area contributed by atoms with Crippen LogP contribution in [0.15, 0.2) is 12.1 Å². The number of aromatic hydroxyl groups is 1. The Morgan fingerprint density at radius 3 is 3.13 bits per heavy atom. The standard InChI is InChI=1S/C11H12O4/c1-13-10-5-9-7(4-8(10)12)6-2-3-14-11(6)15-9/h4-6,11-12H,2-3H2,1H3/t6-,11+/m0/s1. The van der Waals surface area contributed by atoms with Crippen LogP contribution in [0.2, 0.25) is 0 Å². The van der Waals surface area contributed by atoms with E-state index in [1.807, 2.05) is 0 Å². The van der Waals surface area contributed by atoms with E-state index in [1.54, 1.807) is 12.1 Å². The zero-order valence-corrected chi connectivity index (χ0v) is 8.40. The minimum atomic E-state index is -0.175. The van der Waals surface area contributed by atoms with Crippen LogP contribution in [0.3, 0.4) is 0 Å². The fourth-order valence-corrected chi connectivity index (χ4v) is 2.23. The first-order valence-corrected chi connectivity index (χ1v) is 4.99. The van der Waals surface area contributed by atoms with Crippen LogP contribution in [0.4, 0.5) is 0 Å². The highest BCUT2D eigenvalue weighted by molar-refractivity contribution is 5.53. The maximum Gasteiger partial charge on any atom is 0.206 e. The SMILES string of the molecule is COc1cc2c(cc1O)[C@@H]1CCO[C@@H]1O2. The van der Waals surface area contributed by atoms with Gasteiger partial charge in [0.1, 0.15) is 5.75 Å². The Labute approximate surface area is 87.4 Å². The fraction of sp³-hybridized carbons (Fsp3) is 0.455. The van der Waals surface area contributed by atoms with Crippen LogP contribution in [0, 0.1) is 0 Å². The summed E-state index contributed by atoms with van der Waals surface area (Å²) in [5.74, 6) is 1.62. The summed E-state index contributed by atoms with van der Waals surface area (Å²) in [5.41, 5.74) is 1.02. The van der Waals surface area contributed by atoms with Gasteiger partial charge in [-0.2, -0.15) is 0 Å². The minimum Gasteiger partial charge on any atom is -0.504 e. The molecule has 0 aromatic heterocycles. The van der Waals surface area contributed by atoms with Crippen LogP contribution < -0.4 is 9.47 Å². The normalized spacial score (nSPS) is 27.0. The number of hydrogen-bond acceptors (Lipinski definition) is 4. The van der Waals surface area contributed by atoms with Crippen LogP contribution in [-0.4, -0.2) is 25.1 Å². The van der Waals surface area contributed by atoms with E-state index in [0.717, 1.165) is 24.3 Å². The van der Waals surface area contributed by atoms with E-state index < -0.39 is 0 Å². The summed E-state index contributed by atoms with van der Waals surface area (Å²) in [6, 6.07) is 3.43. The van der Waals surface area contributed by atoms with Crippen LogP contribution >= 0.6 is 0 Å². The van der Waals surface area contributed by atoms with Gasteiger partial charge in [0.25, 0.3) is 0 Å². The number of phenolic OH excluding ortho intramolecular Hbond substituents is 1. The second kappa shape index (κ2) is 3.03. The first kappa shape index (κ1) is 8.85. The fourth-order valence-electron chi connectivity index (χ4n) is 2.23. The van der Waals surface area contributed by atoms with Crippen molar-refractivity contribution in [3.8, 4) is 17.2 Å². The maximum atomic E-state index is 9.67. The highest BCUT2D eigenvalue weighted by atomic mass is 16.7. The molecule has 0 radical (unpaired) electrons. The third-order valence-electron chi connectivity index (χ3n) is 2.99. The summed E-state index contributed by atoms with van der Waals surface area (Å²) in [4.78, 5) is 0. The molecule has 0 saturated carbocycles. The molecule has 80 valence electrons. The molecule has 1 aromatic carbocycles. The molecule has 4 nitrogen and oxygen atoms in total. The lowest BCUT2D eigenvalue weighted by Gasteiger charge is -2.07. The van der Waals surface area contributed by atoms with Crippen LogP contribution in [0.25, 0.3) is 0 Å². The van der Waals surface area contributed by atoms with Crippen molar-refractivity contribution in [3.63, 3.8) is 0 Å². The van der Waals surface area contributed by atoms with E-state index in [2.05, 4.69) is 0 Å². The first-order valence-electron chi connectivity index (χ1n) is 4.99. The van der Waals surface area contributed by atoms with Crippen molar-refractivity contribution in [1.82, 2.24) is 0 Å². The van der Waals surface area contributed by atoms with Crippen molar-refractivity contribution >= 4 is 0 Å². The lowest BCUT2D eigenvalue weighted by atomic mass is 9.98. The molecule has 0 bridgehead atoms. The molecule has 0 aliphatic carbocycles. The van der Waals surface area contributed by atoms with Gasteiger partial charge in [0.15, 0.2) is 11.5 Å². The topological polar surface area (TPSA) is 47.9 Å². The zero-order valence-electron chi connectivity index (χ0n) is 8.40. The van der Waals surface area contributed by atoms with Gasteiger partial charge >= 0.3 is 0 Å². The molecule has 4 heteroatoms. The van der Waals surface area contributed by atoms with Gasteiger partial charge < -0.3 is 19.3 Å². The van der Waals surface area contributed by atoms with E-state index in [4.69, 9.17) is 14.2 Å². The quantitative estimate of drug-likeness (QED) is 0.761. The van der Waals surface area contributed by atoms with Crippen LogP contribution in [-0.2, 0) is 4.74 Å². The van der Waals surface area contributed by atoms with Gasteiger partial charge in [0, 0.05) is 11.6 Å². The monoisotopic (exact) mass is 208 g/mol. The maximum absolute atomic E-state index is 9.67. The number of hydrogen-bond donors (Lipinski definition) is 1. The van der Waals surface area contributed by atoms with Gasteiger partial charge in [-0.25, -0.2) is 0 Å². The van der Waals surface area contributed by atoms with E-state index in [9.17, 15) is 5.11 Å². The lowest BCUT2D eigenvalue weighted by Crippen LogP contribution is -2.13. The van der Waals surface area contributed by atoms with Crippen molar-refractivity contribution in [3.05, 3.63) is 17.7 Å². The summed E-state index contributed by atoms with van der Waals surface area (Å²) in [7, 11) is 1.52. The molecule has 1 N–H and O–H groups in total. The first-order chi connectivity index (χ1) is 7.29. The third kappa shape index (κ3) is 1.18. The molecule has 0 spiro atoms.